The molecule has 5 rings (SSSR count). The highest BCUT2D eigenvalue weighted by molar-refractivity contribution is 6.01. The van der Waals surface area contributed by atoms with E-state index in [9.17, 15) is 72.5 Å². The third-order valence-electron chi connectivity index (χ3n) is 12.9. The molecule has 0 aromatic carbocycles. The van der Waals surface area contributed by atoms with Crippen LogP contribution in [0.1, 0.15) is 67.7 Å². The molecule has 470 valence electrons. The highest BCUT2D eigenvalue weighted by Gasteiger charge is 2.35. The molecule has 0 saturated carbocycles. The lowest BCUT2D eigenvalue weighted by Crippen LogP contribution is -2.53. The van der Waals surface area contributed by atoms with Crippen molar-refractivity contribution in [2.75, 3.05) is 63.1 Å². The van der Waals surface area contributed by atoms with Gasteiger partial charge in [-0.15, -0.1) is 0 Å². The van der Waals surface area contributed by atoms with E-state index >= 15 is 0 Å². The number of hydrogen-bond acceptors (Lipinski definition) is 20. The third-order valence-corrected chi connectivity index (χ3v) is 12.9. The van der Waals surface area contributed by atoms with Gasteiger partial charge < -0.3 is 85.1 Å². The molecule has 0 aliphatic carbocycles. The number of carbonyl (C=O) groups excluding carboxylic acids is 13. The number of carbonyl (C=O) groups is 13. The number of rotatable bonds is 30. The molecule has 0 spiro atoms. The zero-order valence-corrected chi connectivity index (χ0v) is 48.3. The average molecular weight is 1220 g/mol. The van der Waals surface area contributed by atoms with E-state index < -0.39 is 146 Å². The Morgan fingerprint density at radius 3 is 1.57 bits per heavy atom. The van der Waals surface area contributed by atoms with Gasteiger partial charge in [-0.05, 0) is 87.6 Å². The van der Waals surface area contributed by atoms with E-state index in [4.69, 9.17) is 11.5 Å². The van der Waals surface area contributed by atoms with Crippen LogP contribution in [0.15, 0.2) is 73.3 Å². The number of hydrogen-bond donors (Lipinski definition) is 15. The Kier molecular flexibility index (Phi) is 25.9. The third kappa shape index (κ3) is 21.3. The second-order valence-corrected chi connectivity index (χ2v) is 20.3. The Hall–Kier alpha value is -10.4. The van der Waals surface area contributed by atoms with Gasteiger partial charge in [-0.2, -0.15) is 0 Å². The summed E-state index contributed by atoms with van der Waals surface area (Å²) in [5.74, 6) is -9.15. The lowest BCUT2D eigenvalue weighted by molar-refractivity contribution is -0.139. The summed E-state index contributed by atoms with van der Waals surface area (Å²) >= 11 is 0. The monoisotopic (exact) mass is 1220 g/mol. The fourth-order valence-electron chi connectivity index (χ4n) is 8.24. The largest absolute Gasteiger partial charge is 0.394 e. The molecule has 1 fully saturated rings. The van der Waals surface area contributed by atoms with Gasteiger partial charge in [0.25, 0.3) is 11.8 Å². The van der Waals surface area contributed by atoms with E-state index in [1.807, 2.05) is 13.8 Å². The minimum atomic E-state index is -1.50. The molecule has 0 unspecified atom stereocenters. The van der Waals surface area contributed by atoms with Crippen LogP contribution in [-0.2, 0) is 52.7 Å². The number of likely N-dealkylation sites (tertiary alicyclic amines) is 1. The molecule has 4 aromatic heterocycles. The van der Waals surface area contributed by atoms with Crippen LogP contribution in [0.25, 0.3) is 22.8 Å². The Morgan fingerprint density at radius 2 is 1.07 bits per heavy atom. The van der Waals surface area contributed by atoms with Crippen molar-refractivity contribution in [2.45, 2.75) is 83.3 Å². The van der Waals surface area contributed by atoms with E-state index in [2.05, 4.69) is 78.4 Å². The summed E-state index contributed by atoms with van der Waals surface area (Å²) in [6.45, 7) is 2.82. The van der Waals surface area contributed by atoms with Crippen molar-refractivity contribution in [3.05, 3.63) is 84.4 Å². The van der Waals surface area contributed by atoms with Crippen LogP contribution in [0.2, 0.25) is 0 Å². The lowest BCUT2D eigenvalue weighted by atomic mass is 10.0. The van der Waals surface area contributed by atoms with Crippen LogP contribution in [-0.4, -0.2) is 201 Å². The van der Waals surface area contributed by atoms with Gasteiger partial charge in [-0.1, -0.05) is 13.8 Å². The standard InChI is InChI=1S/C55H70N18O15/c1-28(2)16-39(70-46(80)25-62-43(77)17-56)53(86)69-34-10-14-38(61-21-34)35-11-7-31(18-58-35)50(83)71-40(27-74)52(85)66-26-47(81)73-15-5-6-41(73)54(87)65-23-44(78)63-24-45(79)67-29(3)49(82)68-33-9-13-37(60-20-33)36-12-8-32(19-59-36)51(84)72-48(30(4)75)55(88)64-22-42(57)76/h7-14,18-21,28-30,39-41,48,74-75H,5-6,15-17,22-27,56H2,1-4H3,(H2,57,76)(H,62,77)(H,63,78)(H,64,88)(H,65,87)(H,66,85)(H,67,79)(H,68,82)(H,69,86)(H,70,80)(H,71,83)(H,72,84)/t29-,30+,39-,40-,41-,48-/m0/s1. The van der Waals surface area contributed by atoms with Crippen LogP contribution in [0.3, 0.4) is 0 Å². The van der Waals surface area contributed by atoms with Crippen molar-refractivity contribution < 1.29 is 72.5 Å². The molecule has 0 bridgehead atoms. The number of nitrogens with zero attached hydrogens (tertiary/aromatic N) is 5. The highest BCUT2D eigenvalue weighted by atomic mass is 16.3. The maximum absolute atomic E-state index is 13.2. The molecule has 1 aliphatic rings. The zero-order valence-electron chi connectivity index (χ0n) is 48.3. The maximum atomic E-state index is 13.2. The number of nitrogens with two attached hydrogens (primary N) is 2. The Balaban J connectivity index is 0.995. The van der Waals surface area contributed by atoms with Gasteiger partial charge in [-0.25, -0.2) is 0 Å². The Labute approximate surface area is 502 Å². The number of primary amides is 1. The first-order valence-electron chi connectivity index (χ1n) is 27.5. The Morgan fingerprint density at radius 1 is 0.557 bits per heavy atom. The molecule has 13 amide bonds. The minimum absolute atomic E-state index is 0.00451. The van der Waals surface area contributed by atoms with E-state index in [-0.39, 0.29) is 48.8 Å². The van der Waals surface area contributed by atoms with Crippen molar-refractivity contribution in [1.82, 2.24) is 72.7 Å². The van der Waals surface area contributed by atoms with Gasteiger partial charge in [0.15, 0.2) is 0 Å². The lowest BCUT2D eigenvalue weighted by Gasteiger charge is -2.24. The molecule has 6 atom stereocenters. The van der Waals surface area contributed by atoms with E-state index in [0.29, 0.717) is 41.3 Å². The summed E-state index contributed by atoms with van der Waals surface area (Å²) in [5, 5.41) is 46.7. The first-order chi connectivity index (χ1) is 41.8. The van der Waals surface area contributed by atoms with Crippen LogP contribution < -0.4 is 70.0 Å². The molecular weight excluding hydrogens is 1150 g/mol. The number of amides is 13. The summed E-state index contributed by atoms with van der Waals surface area (Å²) in [5.41, 5.74) is 12.3. The summed E-state index contributed by atoms with van der Waals surface area (Å²) < 4.78 is 0. The van der Waals surface area contributed by atoms with Gasteiger partial charge in [0.1, 0.15) is 30.2 Å². The van der Waals surface area contributed by atoms with Crippen molar-refractivity contribution >= 4 is 88.2 Å². The minimum Gasteiger partial charge on any atom is -0.394 e. The second kappa shape index (κ2) is 33.3. The molecule has 5 heterocycles. The van der Waals surface area contributed by atoms with Crippen LogP contribution >= 0.6 is 0 Å². The molecule has 4 aromatic rings. The number of aliphatic hydroxyl groups excluding tert-OH is 2. The van der Waals surface area contributed by atoms with Crippen LogP contribution in [0.4, 0.5) is 11.4 Å². The first kappa shape index (κ1) is 68.4. The maximum Gasteiger partial charge on any atom is 0.253 e. The normalized spacial score (nSPS) is 14.2. The van der Waals surface area contributed by atoms with Gasteiger partial charge in [-0.3, -0.25) is 82.3 Å². The number of anilines is 2. The van der Waals surface area contributed by atoms with E-state index in [1.165, 1.54) is 79.9 Å². The van der Waals surface area contributed by atoms with Gasteiger partial charge in [0.05, 0.1) is 110 Å². The van der Waals surface area contributed by atoms with Crippen LogP contribution in [0.5, 0.6) is 0 Å². The van der Waals surface area contributed by atoms with E-state index in [1.54, 1.807) is 12.1 Å². The fraction of sp³-hybridized carbons (Fsp3) is 0.400. The molecule has 1 saturated heterocycles. The second-order valence-electron chi connectivity index (χ2n) is 20.3. The molecule has 17 N–H and O–H groups in total. The molecule has 1 aliphatic heterocycles. The topological polar surface area (TPSA) is 502 Å². The van der Waals surface area contributed by atoms with Gasteiger partial charge >= 0.3 is 0 Å². The molecule has 33 nitrogen and oxygen atoms in total. The van der Waals surface area contributed by atoms with Crippen molar-refractivity contribution in [2.24, 2.45) is 17.4 Å². The van der Waals surface area contributed by atoms with Crippen molar-refractivity contribution in [3.63, 3.8) is 0 Å². The predicted molar refractivity (Wildman–Crippen MR) is 310 cm³/mol. The molecule has 88 heavy (non-hydrogen) atoms. The number of aliphatic hydroxyl groups is 2. The number of aromatic nitrogens is 4. The van der Waals surface area contributed by atoms with E-state index in [0.717, 1.165) is 0 Å². The zero-order chi connectivity index (χ0) is 64.6. The quantitative estimate of drug-likeness (QED) is 0.0232. The predicted octanol–water partition coefficient (Wildman–Crippen LogP) is -5.20. The number of nitrogens with one attached hydrogen (secondary N) is 11. The molecule has 33 heteroatoms. The molecule has 0 radical (unpaired) electrons. The number of pyridine rings is 4. The van der Waals surface area contributed by atoms with Crippen molar-refractivity contribution in [3.8, 4) is 22.8 Å². The average Bonchev–Trinajstić information content (AvgIpc) is 3.24. The highest BCUT2D eigenvalue weighted by Crippen LogP contribution is 2.20. The SMILES string of the molecule is CC(C)C[C@H](NC(=O)CNC(=O)CN)C(=O)Nc1ccc(-c2ccc(C(=O)N[C@@H](CO)C(=O)NCC(=O)N3CCC[C@H]3C(=O)NCC(=O)NCC(=O)N[C@@H](C)C(=O)Nc3ccc(-c4ccc(C(=O)N[C@H](C(=O)NCC(N)=O)[C@@H](C)O)cn4)nc3)cn2)nc1. The molecular formula is C55H70N18O15. The smallest absolute Gasteiger partial charge is 0.253 e. The fourth-order valence-corrected chi connectivity index (χ4v) is 8.24. The summed E-state index contributed by atoms with van der Waals surface area (Å²) in [7, 11) is 0. The summed E-state index contributed by atoms with van der Waals surface area (Å²) in [6.07, 6.45) is 4.75. The van der Waals surface area contributed by atoms with Crippen molar-refractivity contribution in [1.29, 1.82) is 0 Å². The van der Waals surface area contributed by atoms with Crippen LogP contribution in [0, 0.1) is 5.92 Å². The summed E-state index contributed by atoms with van der Waals surface area (Å²) in [6, 6.07) is 5.99. The first-order valence-corrected chi connectivity index (χ1v) is 27.5. The van der Waals surface area contributed by atoms with Gasteiger partial charge in [0.2, 0.25) is 65.0 Å². The summed E-state index contributed by atoms with van der Waals surface area (Å²) in [4.78, 5) is 182. The van der Waals surface area contributed by atoms with Gasteiger partial charge in [0, 0.05) is 18.9 Å². The Bertz CT molecular complexity index is 3190.